The zero-order chi connectivity index (χ0) is 28.6. The summed E-state index contributed by atoms with van der Waals surface area (Å²) in [7, 11) is 1.28. The number of allylic oxidation sites excluding steroid dienone is 1. The maximum Gasteiger partial charge on any atom is 0.337 e. The normalized spacial score (nSPS) is 15.8. The first-order valence-corrected chi connectivity index (χ1v) is 13.2. The van der Waals surface area contributed by atoms with Crippen molar-refractivity contribution in [2.75, 3.05) is 20.3 Å². The monoisotopic (exact) mass is 612 g/mol. The first-order valence-electron chi connectivity index (χ1n) is 12.4. The van der Waals surface area contributed by atoms with Crippen LogP contribution in [-0.4, -0.2) is 49.9 Å². The number of rotatable bonds is 11. The number of esters is 1. The average Bonchev–Trinajstić information content (AvgIpc) is 3.41. The topological polar surface area (TPSA) is 144 Å². The van der Waals surface area contributed by atoms with Gasteiger partial charge >= 0.3 is 12.0 Å². The second-order valence-electron chi connectivity index (χ2n) is 8.62. The molecule has 0 saturated heterocycles. The Morgan fingerprint density at radius 1 is 1.18 bits per heavy atom. The first-order chi connectivity index (χ1) is 19.3. The van der Waals surface area contributed by atoms with Crippen molar-refractivity contribution in [1.29, 1.82) is 0 Å². The van der Waals surface area contributed by atoms with E-state index in [1.54, 1.807) is 31.2 Å². The summed E-state index contributed by atoms with van der Waals surface area (Å²) in [5.41, 5.74) is 4.78. The van der Waals surface area contributed by atoms with Crippen molar-refractivity contribution in [3.8, 4) is 22.8 Å². The minimum absolute atomic E-state index is 0.143. The molecule has 11 nitrogen and oxygen atoms in total. The number of halogens is 1. The van der Waals surface area contributed by atoms with Gasteiger partial charge in [-0.1, -0.05) is 34.1 Å². The quantitative estimate of drug-likeness (QED) is 0.109. The van der Waals surface area contributed by atoms with Crippen LogP contribution >= 0.6 is 15.9 Å². The van der Waals surface area contributed by atoms with Crippen molar-refractivity contribution in [3.63, 3.8) is 0 Å². The van der Waals surface area contributed by atoms with E-state index in [1.165, 1.54) is 13.3 Å². The lowest BCUT2D eigenvalue weighted by molar-refractivity contribution is -0.136. The number of furan rings is 1. The lowest BCUT2D eigenvalue weighted by Gasteiger charge is -2.28. The van der Waals surface area contributed by atoms with Gasteiger partial charge in [0.25, 0.3) is 0 Å². The number of urea groups is 1. The van der Waals surface area contributed by atoms with E-state index in [2.05, 4.69) is 37.1 Å². The van der Waals surface area contributed by atoms with Crippen LogP contribution in [0.1, 0.15) is 31.2 Å². The SMILES string of the molecule is CCOc1cc([C@H]2NC(=O)NC(C)=C2C(=O)OC)ccc1OC[C@H](O)N/N=C/c1ccc(-c2ccc(Br)cc2)o1. The molecule has 2 atom stereocenters. The molecule has 3 aromatic rings. The zero-order valence-electron chi connectivity index (χ0n) is 22.1. The van der Waals surface area contributed by atoms with Crippen LogP contribution in [0.5, 0.6) is 11.5 Å². The second kappa shape index (κ2) is 13.2. The lowest BCUT2D eigenvalue weighted by Crippen LogP contribution is -2.45. The Bertz CT molecular complexity index is 1420. The number of hydrazone groups is 1. The van der Waals surface area contributed by atoms with E-state index in [0.717, 1.165) is 10.0 Å². The molecular weight excluding hydrogens is 584 g/mol. The Hall–Kier alpha value is -4.29. The summed E-state index contributed by atoms with van der Waals surface area (Å²) < 4.78 is 23.1. The predicted octanol–water partition coefficient (Wildman–Crippen LogP) is 4.23. The maximum atomic E-state index is 12.4. The maximum absolute atomic E-state index is 12.4. The number of hydrogen-bond acceptors (Lipinski definition) is 9. The summed E-state index contributed by atoms with van der Waals surface area (Å²) in [4.78, 5) is 24.5. The summed E-state index contributed by atoms with van der Waals surface area (Å²) in [6.07, 6.45) is 0.319. The molecule has 0 unspecified atom stereocenters. The Morgan fingerprint density at radius 3 is 2.67 bits per heavy atom. The van der Waals surface area contributed by atoms with Gasteiger partial charge in [-0.2, -0.15) is 5.10 Å². The van der Waals surface area contributed by atoms with Gasteiger partial charge in [0.1, 0.15) is 18.1 Å². The number of benzene rings is 2. The van der Waals surface area contributed by atoms with Crippen molar-refractivity contribution in [2.45, 2.75) is 26.1 Å². The van der Waals surface area contributed by atoms with Crippen LogP contribution in [-0.2, 0) is 9.53 Å². The summed E-state index contributed by atoms with van der Waals surface area (Å²) in [5.74, 6) is 1.37. The molecule has 0 spiro atoms. The van der Waals surface area contributed by atoms with Gasteiger partial charge < -0.3 is 34.4 Å². The summed E-state index contributed by atoms with van der Waals surface area (Å²) in [5, 5.41) is 19.7. The second-order valence-corrected chi connectivity index (χ2v) is 9.54. The van der Waals surface area contributed by atoms with E-state index in [1.807, 2.05) is 37.3 Å². The molecule has 0 radical (unpaired) electrons. The van der Waals surface area contributed by atoms with Crippen molar-refractivity contribution in [3.05, 3.63) is 81.7 Å². The third-order valence-electron chi connectivity index (χ3n) is 5.84. The molecule has 40 heavy (non-hydrogen) atoms. The molecule has 4 rings (SSSR count). The number of carbonyl (C=O) groups excluding carboxylic acids is 2. The van der Waals surface area contributed by atoms with E-state index < -0.39 is 24.3 Å². The number of methoxy groups -OCH3 is 1. The van der Waals surface area contributed by atoms with Gasteiger partial charge in [0, 0.05) is 15.7 Å². The van der Waals surface area contributed by atoms with Crippen LogP contribution in [0.3, 0.4) is 0 Å². The first kappa shape index (κ1) is 28.7. The summed E-state index contributed by atoms with van der Waals surface area (Å²) in [6, 6.07) is 15.2. The van der Waals surface area contributed by atoms with Crippen LogP contribution in [0.25, 0.3) is 11.3 Å². The van der Waals surface area contributed by atoms with Gasteiger partial charge in [0.15, 0.2) is 17.7 Å². The summed E-state index contributed by atoms with van der Waals surface area (Å²) >= 11 is 3.41. The number of nitrogens with zero attached hydrogens (tertiary/aromatic N) is 1. The highest BCUT2D eigenvalue weighted by Crippen LogP contribution is 2.35. The highest BCUT2D eigenvalue weighted by Gasteiger charge is 2.32. The van der Waals surface area contributed by atoms with Crippen molar-refractivity contribution in [1.82, 2.24) is 16.1 Å². The Labute approximate surface area is 239 Å². The zero-order valence-corrected chi connectivity index (χ0v) is 23.7. The molecule has 0 saturated carbocycles. The Morgan fingerprint density at radius 2 is 1.95 bits per heavy atom. The van der Waals surface area contributed by atoms with E-state index in [9.17, 15) is 14.7 Å². The van der Waals surface area contributed by atoms with E-state index in [0.29, 0.717) is 40.9 Å². The molecule has 12 heteroatoms. The molecule has 1 aromatic heterocycles. The number of ether oxygens (including phenoxy) is 3. The third kappa shape index (κ3) is 7.01. The summed E-state index contributed by atoms with van der Waals surface area (Å²) in [6.45, 7) is 3.64. The van der Waals surface area contributed by atoms with E-state index in [4.69, 9.17) is 18.6 Å². The number of nitrogens with one attached hydrogen (secondary N) is 3. The smallest absolute Gasteiger partial charge is 0.337 e. The van der Waals surface area contributed by atoms with Crippen molar-refractivity contribution in [2.24, 2.45) is 5.10 Å². The molecule has 2 amide bonds. The molecule has 1 aliphatic rings. The molecule has 0 bridgehead atoms. The standard InChI is InChI=1S/C28H29BrN4O7/c1-4-38-23-13-18(26-25(27(35)37-3)16(2)31-28(36)32-26)7-11-22(23)39-15-24(34)33-30-14-20-10-12-21(40-20)17-5-8-19(29)9-6-17/h5-14,24,26,33-34H,4,15H2,1-3H3,(H2,31,32,36)/b30-14+/t24-,26+/m0/s1. The molecule has 0 aliphatic carbocycles. The largest absolute Gasteiger partial charge is 0.490 e. The number of aliphatic hydroxyl groups is 1. The van der Waals surface area contributed by atoms with Crippen molar-refractivity contribution >= 4 is 34.1 Å². The van der Waals surface area contributed by atoms with Crippen LogP contribution in [0.2, 0.25) is 0 Å². The fourth-order valence-electron chi connectivity index (χ4n) is 4.00. The highest BCUT2D eigenvalue weighted by atomic mass is 79.9. The fraction of sp³-hybridized carbons (Fsp3) is 0.250. The molecule has 4 N–H and O–H groups in total. The van der Waals surface area contributed by atoms with Gasteiger partial charge in [0.2, 0.25) is 0 Å². The van der Waals surface area contributed by atoms with Crippen LogP contribution in [0.4, 0.5) is 4.79 Å². The number of amides is 2. The molecule has 0 fully saturated rings. The lowest BCUT2D eigenvalue weighted by atomic mass is 9.95. The molecular formula is C28H29BrN4O7. The minimum atomic E-state index is -1.13. The van der Waals surface area contributed by atoms with Gasteiger partial charge in [-0.05, 0) is 55.8 Å². The van der Waals surface area contributed by atoms with Gasteiger partial charge in [-0.25, -0.2) is 9.59 Å². The van der Waals surface area contributed by atoms with E-state index >= 15 is 0 Å². The fourth-order valence-corrected chi connectivity index (χ4v) is 4.26. The highest BCUT2D eigenvalue weighted by molar-refractivity contribution is 9.10. The predicted molar refractivity (Wildman–Crippen MR) is 151 cm³/mol. The van der Waals surface area contributed by atoms with Crippen LogP contribution < -0.4 is 25.5 Å². The van der Waals surface area contributed by atoms with Gasteiger partial charge in [-0.3, -0.25) is 5.43 Å². The number of carbonyl (C=O) groups is 2. The van der Waals surface area contributed by atoms with Crippen LogP contribution in [0, 0.1) is 0 Å². The Balaban J connectivity index is 1.39. The molecule has 210 valence electrons. The van der Waals surface area contributed by atoms with Gasteiger partial charge in [0.05, 0.1) is 31.5 Å². The van der Waals surface area contributed by atoms with Crippen LogP contribution in [0.15, 0.2) is 79.9 Å². The van der Waals surface area contributed by atoms with E-state index in [-0.39, 0.29) is 12.2 Å². The Kier molecular flexibility index (Phi) is 9.46. The number of hydrogen-bond donors (Lipinski definition) is 4. The minimum Gasteiger partial charge on any atom is -0.490 e. The average molecular weight is 613 g/mol. The number of aliphatic hydroxyl groups excluding tert-OH is 1. The van der Waals surface area contributed by atoms with Crippen molar-refractivity contribution < 1.29 is 33.3 Å². The molecule has 2 aromatic carbocycles. The van der Waals surface area contributed by atoms with Gasteiger partial charge in [-0.15, -0.1) is 0 Å². The molecule has 2 heterocycles. The molecule has 1 aliphatic heterocycles. The third-order valence-corrected chi connectivity index (χ3v) is 6.37.